The SMILES string of the molecule is CCNC(=O)Nc1ccc(-c2cc(-c3ccccc3SNC)nc(N3CCOCC3)n2)cc1. The van der Waals surface area contributed by atoms with Crippen LogP contribution in [0.25, 0.3) is 22.5 Å². The van der Waals surface area contributed by atoms with E-state index in [9.17, 15) is 4.79 Å². The number of morpholine rings is 1. The van der Waals surface area contributed by atoms with Crippen molar-refractivity contribution < 1.29 is 9.53 Å². The van der Waals surface area contributed by atoms with E-state index < -0.39 is 0 Å². The van der Waals surface area contributed by atoms with Crippen LogP contribution in [0.5, 0.6) is 0 Å². The standard InChI is InChI=1S/C24H28N6O2S/c1-3-26-24(31)27-18-10-8-17(9-11-18)20-16-21(19-6-4-5-7-22(19)33-25-2)29-23(28-20)30-12-14-32-15-13-30/h4-11,16,25H,3,12-15H2,1-2H3,(H2,26,27,31). The Morgan fingerprint density at radius 1 is 1.06 bits per heavy atom. The van der Waals surface area contributed by atoms with Gasteiger partial charge >= 0.3 is 6.03 Å². The van der Waals surface area contributed by atoms with Crippen molar-refractivity contribution in [3.8, 4) is 22.5 Å². The Bertz CT molecular complexity index is 1090. The van der Waals surface area contributed by atoms with E-state index in [1.54, 1.807) is 11.9 Å². The third kappa shape index (κ3) is 5.81. The Morgan fingerprint density at radius 3 is 2.52 bits per heavy atom. The lowest BCUT2D eigenvalue weighted by Crippen LogP contribution is -2.37. The summed E-state index contributed by atoms with van der Waals surface area (Å²) >= 11 is 1.56. The lowest BCUT2D eigenvalue weighted by Gasteiger charge is -2.27. The van der Waals surface area contributed by atoms with Crippen molar-refractivity contribution in [2.24, 2.45) is 0 Å². The van der Waals surface area contributed by atoms with Crippen molar-refractivity contribution in [3.05, 3.63) is 54.6 Å². The molecule has 4 rings (SSSR count). The summed E-state index contributed by atoms with van der Waals surface area (Å²) in [6.45, 7) is 5.29. The third-order valence-corrected chi connectivity index (χ3v) is 5.94. The second-order valence-corrected chi connectivity index (χ2v) is 8.45. The van der Waals surface area contributed by atoms with Gasteiger partial charge in [0.05, 0.1) is 24.6 Å². The van der Waals surface area contributed by atoms with Gasteiger partial charge in [-0.05, 0) is 50.2 Å². The highest BCUT2D eigenvalue weighted by atomic mass is 32.2. The average Bonchev–Trinajstić information content (AvgIpc) is 2.85. The lowest BCUT2D eigenvalue weighted by atomic mass is 10.1. The number of aromatic nitrogens is 2. The van der Waals surface area contributed by atoms with E-state index in [0.29, 0.717) is 25.7 Å². The molecule has 0 spiro atoms. The Labute approximate surface area is 198 Å². The zero-order valence-electron chi connectivity index (χ0n) is 18.8. The normalized spacial score (nSPS) is 13.6. The molecule has 0 saturated carbocycles. The number of carbonyl (C=O) groups is 1. The molecule has 3 aromatic rings. The van der Waals surface area contributed by atoms with Crippen molar-refractivity contribution >= 4 is 29.6 Å². The minimum atomic E-state index is -0.220. The number of ether oxygens (including phenoxy) is 1. The zero-order valence-corrected chi connectivity index (χ0v) is 19.6. The average molecular weight is 465 g/mol. The summed E-state index contributed by atoms with van der Waals surface area (Å²) in [5.41, 5.74) is 4.42. The van der Waals surface area contributed by atoms with Gasteiger partial charge in [0, 0.05) is 41.3 Å². The second kappa shape index (κ2) is 11.1. The molecule has 0 aliphatic carbocycles. The summed E-state index contributed by atoms with van der Waals surface area (Å²) in [7, 11) is 1.91. The van der Waals surface area contributed by atoms with Crippen molar-refractivity contribution in [1.82, 2.24) is 20.0 Å². The number of urea groups is 1. The van der Waals surface area contributed by atoms with Crippen LogP contribution in [0.15, 0.2) is 59.5 Å². The van der Waals surface area contributed by atoms with Gasteiger partial charge in [0.2, 0.25) is 5.95 Å². The first-order valence-electron chi connectivity index (χ1n) is 11.0. The van der Waals surface area contributed by atoms with Crippen LogP contribution < -0.4 is 20.3 Å². The quantitative estimate of drug-likeness (QED) is 0.455. The van der Waals surface area contributed by atoms with Crippen molar-refractivity contribution in [1.29, 1.82) is 0 Å². The highest BCUT2D eigenvalue weighted by molar-refractivity contribution is 7.97. The molecule has 172 valence electrons. The molecular formula is C24H28N6O2S. The second-order valence-electron chi connectivity index (χ2n) is 7.40. The number of rotatable bonds is 7. The van der Waals surface area contributed by atoms with E-state index in [2.05, 4.69) is 32.4 Å². The minimum absolute atomic E-state index is 0.220. The number of nitrogens with one attached hydrogen (secondary N) is 3. The largest absolute Gasteiger partial charge is 0.378 e. The summed E-state index contributed by atoms with van der Waals surface area (Å²) < 4.78 is 8.67. The van der Waals surface area contributed by atoms with Crippen LogP contribution in [0.2, 0.25) is 0 Å². The van der Waals surface area contributed by atoms with Crippen LogP contribution in [0.1, 0.15) is 6.92 Å². The molecule has 1 saturated heterocycles. The monoisotopic (exact) mass is 464 g/mol. The van der Waals surface area contributed by atoms with Gasteiger partial charge in [0.15, 0.2) is 0 Å². The number of nitrogens with zero attached hydrogens (tertiary/aromatic N) is 3. The molecule has 0 bridgehead atoms. The Hall–Kier alpha value is -3.14. The molecule has 1 fully saturated rings. The zero-order chi connectivity index (χ0) is 23.0. The highest BCUT2D eigenvalue weighted by Gasteiger charge is 2.18. The van der Waals surface area contributed by atoms with E-state index in [4.69, 9.17) is 14.7 Å². The Kier molecular flexibility index (Phi) is 7.77. The van der Waals surface area contributed by atoms with Gasteiger partial charge in [0.1, 0.15) is 0 Å². The fraction of sp³-hybridized carbons (Fsp3) is 0.292. The van der Waals surface area contributed by atoms with E-state index in [0.717, 1.165) is 46.2 Å². The fourth-order valence-corrected chi connectivity index (χ4v) is 4.21. The molecule has 0 atom stereocenters. The maximum absolute atomic E-state index is 11.8. The summed E-state index contributed by atoms with van der Waals surface area (Å²) in [5.74, 6) is 0.694. The van der Waals surface area contributed by atoms with Crippen LogP contribution in [0.4, 0.5) is 16.4 Å². The first kappa shape index (κ1) is 23.0. The molecule has 8 nitrogen and oxygen atoms in total. The first-order chi connectivity index (χ1) is 16.2. The minimum Gasteiger partial charge on any atom is -0.378 e. The van der Waals surface area contributed by atoms with Crippen LogP contribution >= 0.6 is 11.9 Å². The molecule has 2 heterocycles. The molecule has 3 N–H and O–H groups in total. The van der Waals surface area contributed by atoms with E-state index in [-0.39, 0.29) is 6.03 Å². The van der Waals surface area contributed by atoms with Crippen molar-refractivity contribution in [3.63, 3.8) is 0 Å². The number of anilines is 2. The van der Waals surface area contributed by atoms with Crippen molar-refractivity contribution in [2.45, 2.75) is 11.8 Å². The van der Waals surface area contributed by atoms with Gasteiger partial charge in [-0.2, -0.15) is 0 Å². The van der Waals surface area contributed by atoms with Gasteiger partial charge in [-0.15, -0.1) is 0 Å². The molecule has 0 radical (unpaired) electrons. The third-order valence-electron chi connectivity index (χ3n) is 5.16. The predicted molar refractivity (Wildman–Crippen MR) is 134 cm³/mol. The van der Waals surface area contributed by atoms with Gasteiger partial charge in [-0.25, -0.2) is 14.8 Å². The molecule has 1 aromatic heterocycles. The van der Waals surface area contributed by atoms with Crippen LogP contribution in [-0.4, -0.2) is 55.9 Å². The maximum atomic E-state index is 11.8. The number of carbonyl (C=O) groups excluding carboxylic acids is 1. The molecule has 2 aromatic carbocycles. The molecule has 2 amide bonds. The van der Waals surface area contributed by atoms with Gasteiger partial charge in [-0.3, -0.25) is 4.72 Å². The maximum Gasteiger partial charge on any atom is 0.319 e. The van der Waals surface area contributed by atoms with Crippen LogP contribution in [-0.2, 0) is 4.74 Å². The molecule has 9 heteroatoms. The fourth-order valence-electron chi connectivity index (χ4n) is 3.56. The van der Waals surface area contributed by atoms with E-state index in [1.165, 1.54) is 0 Å². The number of amides is 2. The van der Waals surface area contributed by atoms with Crippen molar-refractivity contribution in [2.75, 3.05) is 50.1 Å². The van der Waals surface area contributed by atoms with E-state index in [1.807, 2.05) is 56.4 Å². The predicted octanol–water partition coefficient (Wildman–Crippen LogP) is 4.02. The number of hydrogen-bond donors (Lipinski definition) is 3. The van der Waals surface area contributed by atoms with Crippen LogP contribution in [0, 0.1) is 0 Å². The first-order valence-corrected chi connectivity index (χ1v) is 11.8. The molecule has 1 aliphatic rings. The number of benzene rings is 2. The summed E-state index contributed by atoms with van der Waals surface area (Å²) in [6, 6.07) is 17.7. The topological polar surface area (TPSA) is 91.4 Å². The lowest BCUT2D eigenvalue weighted by molar-refractivity contribution is 0.122. The Morgan fingerprint density at radius 2 is 1.79 bits per heavy atom. The summed E-state index contributed by atoms with van der Waals surface area (Å²) in [5, 5.41) is 5.56. The molecule has 0 unspecified atom stereocenters. The molecule has 1 aliphatic heterocycles. The number of hydrogen-bond acceptors (Lipinski definition) is 7. The Balaban J connectivity index is 1.72. The molecular weight excluding hydrogens is 436 g/mol. The summed E-state index contributed by atoms with van der Waals surface area (Å²) in [4.78, 5) is 24.9. The molecule has 33 heavy (non-hydrogen) atoms. The van der Waals surface area contributed by atoms with Crippen LogP contribution in [0.3, 0.4) is 0 Å². The highest BCUT2D eigenvalue weighted by Crippen LogP contribution is 2.32. The van der Waals surface area contributed by atoms with Gasteiger partial charge < -0.3 is 20.3 Å². The van der Waals surface area contributed by atoms with Gasteiger partial charge in [0.25, 0.3) is 0 Å². The van der Waals surface area contributed by atoms with E-state index >= 15 is 0 Å². The van der Waals surface area contributed by atoms with Gasteiger partial charge in [-0.1, -0.05) is 30.3 Å². The smallest absolute Gasteiger partial charge is 0.319 e. The summed E-state index contributed by atoms with van der Waals surface area (Å²) in [6.07, 6.45) is 0.